The molecule has 2 atom stereocenters. The van der Waals surface area contributed by atoms with E-state index in [2.05, 4.69) is 42.5 Å². The number of aromatic nitrogens is 4. The number of halogens is 2. The average molecular weight is 354 g/mol. The van der Waals surface area contributed by atoms with Crippen molar-refractivity contribution in [2.24, 2.45) is 5.92 Å². The molecule has 2 aromatic rings. The third-order valence-corrected chi connectivity index (χ3v) is 3.73. The molecule has 8 nitrogen and oxygen atoms in total. The van der Waals surface area contributed by atoms with Crippen LogP contribution < -0.4 is 20.1 Å². The van der Waals surface area contributed by atoms with Crippen molar-refractivity contribution < 1.29 is 18.3 Å². The van der Waals surface area contributed by atoms with Crippen LogP contribution in [0.3, 0.4) is 0 Å². The molecule has 136 valence electrons. The molecular weight excluding hydrogens is 334 g/mol. The van der Waals surface area contributed by atoms with E-state index in [9.17, 15) is 8.78 Å². The van der Waals surface area contributed by atoms with Crippen molar-refractivity contribution in [3.8, 4) is 11.8 Å². The Bertz CT molecular complexity index is 684. The number of aromatic amines is 1. The summed E-state index contributed by atoms with van der Waals surface area (Å²) in [5, 5.41) is 12.4. The lowest BCUT2D eigenvalue weighted by Gasteiger charge is -2.18. The summed E-state index contributed by atoms with van der Waals surface area (Å²) in [6.07, 6.45) is 4.96. The van der Waals surface area contributed by atoms with Crippen molar-refractivity contribution in [3.63, 3.8) is 0 Å². The second kappa shape index (κ2) is 8.06. The van der Waals surface area contributed by atoms with Gasteiger partial charge in [0.2, 0.25) is 11.8 Å². The predicted octanol–water partition coefficient (Wildman–Crippen LogP) is 2.31. The Morgan fingerprint density at radius 3 is 3.04 bits per heavy atom. The number of nitrogens with one attached hydrogen (secondary N) is 3. The fraction of sp³-hybridized carbons (Fsp3) is 0.533. The quantitative estimate of drug-likeness (QED) is 0.732. The van der Waals surface area contributed by atoms with Crippen molar-refractivity contribution in [1.82, 2.24) is 25.5 Å². The maximum atomic E-state index is 12.2. The van der Waals surface area contributed by atoms with E-state index >= 15 is 0 Å². The Balaban J connectivity index is 1.62. The first-order chi connectivity index (χ1) is 12.1. The highest BCUT2D eigenvalue weighted by atomic mass is 19.3. The summed E-state index contributed by atoms with van der Waals surface area (Å²) in [5.41, 5.74) is 0. The second-order valence-corrected chi connectivity index (χ2v) is 5.94. The summed E-state index contributed by atoms with van der Waals surface area (Å²) in [6.45, 7) is 1.14. The first-order valence-electron chi connectivity index (χ1n) is 8.05. The smallest absolute Gasteiger partial charge is 0.388 e. The van der Waals surface area contributed by atoms with Gasteiger partial charge in [-0.05, 0) is 31.8 Å². The van der Waals surface area contributed by atoms with Gasteiger partial charge in [-0.15, -0.1) is 0 Å². The molecule has 0 aliphatic carbocycles. The van der Waals surface area contributed by atoms with Gasteiger partial charge in [-0.3, -0.25) is 4.98 Å². The SMILES string of the molecule is C[C@H]1CNCC[C@@H](Oc2cncc(Nc3cc(OC(F)F)[nH]n3)n2)C1. The van der Waals surface area contributed by atoms with Gasteiger partial charge in [0.15, 0.2) is 11.6 Å². The van der Waals surface area contributed by atoms with E-state index in [1.165, 1.54) is 12.3 Å². The zero-order valence-electron chi connectivity index (χ0n) is 13.7. The summed E-state index contributed by atoms with van der Waals surface area (Å²) in [7, 11) is 0. The van der Waals surface area contributed by atoms with Gasteiger partial charge in [-0.25, -0.2) is 5.10 Å². The van der Waals surface area contributed by atoms with Gasteiger partial charge in [0.25, 0.3) is 0 Å². The molecule has 10 heteroatoms. The highest BCUT2D eigenvalue weighted by Crippen LogP contribution is 2.21. The Labute approximate surface area is 143 Å². The third kappa shape index (κ3) is 5.24. The zero-order valence-corrected chi connectivity index (χ0v) is 13.7. The van der Waals surface area contributed by atoms with Gasteiger partial charge in [0.05, 0.1) is 12.4 Å². The van der Waals surface area contributed by atoms with Crippen molar-refractivity contribution in [1.29, 1.82) is 0 Å². The van der Waals surface area contributed by atoms with Crippen LogP contribution in [0.25, 0.3) is 0 Å². The van der Waals surface area contributed by atoms with Crippen molar-refractivity contribution in [2.45, 2.75) is 32.5 Å². The molecule has 3 rings (SSSR count). The van der Waals surface area contributed by atoms with Crippen LogP contribution in [-0.4, -0.2) is 46.0 Å². The van der Waals surface area contributed by atoms with E-state index in [1.54, 1.807) is 6.20 Å². The molecule has 3 heterocycles. The fourth-order valence-corrected chi connectivity index (χ4v) is 2.66. The van der Waals surface area contributed by atoms with Gasteiger partial charge in [-0.2, -0.15) is 18.9 Å². The lowest BCUT2D eigenvalue weighted by Crippen LogP contribution is -2.20. The Morgan fingerprint density at radius 1 is 1.32 bits per heavy atom. The minimum atomic E-state index is -2.92. The topological polar surface area (TPSA) is 97.0 Å². The molecule has 1 aliphatic heterocycles. The standard InChI is InChI=1S/C15H20F2N6O2/c1-9-4-10(2-3-18-6-9)24-14-8-19-7-12(21-14)20-11-5-13(23-22-11)25-15(16)17/h5,7-10,15,18H,2-4,6H2,1H3,(H2,20,21,22,23)/t9-,10-/m1/s1. The van der Waals surface area contributed by atoms with Gasteiger partial charge >= 0.3 is 6.61 Å². The fourth-order valence-electron chi connectivity index (χ4n) is 2.66. The molecule has 0 spiro atoms. The van der Waals surface area contributed by atoms with Crippen LogP contribution in [0.2, 0.25) is 0 Å². The van der Waals surface area contributed by atoms with E-state index < -0.39 is 6.61 Å². The molecule has 2 aromatic heterocycles. The zero-order chi connectivity index (χ0) is 17.6. The van der Waals surface area contributed by atoms with Gasteiger partial charge in [-0.1, -0.05) is 6.92 Å². The minimum absolute atomic E-state index is 0.0750. The van der Waals surface area contributed by atoms with Crippen LogP contribution in [0.15, 0.2) is 18.5 Å². The molecule has 0 unspecified atom stereocenters. The molecule has 1 saturated heterocycles. The maximum absolute atomic E-state index is 12.2. The number of hydrogen-bond acceptors (Lipinski definition) is 7. The van der Waals surface area contributed by atoms with E-state index in [0.29, 0.717) is 17.6 Å². The van der Waals surface area contributed by atoms with Crippen LogP contribution in [-0.2, 0) is 0 Å². The summed E-state index contributed by atoms with van der Waals surface area (Å²) < 4.78 is 34.5. The van der Waals surface area contributed by atoms with E-state index in [0.717, 1.165) is 25.9 Å². The maximum Gasteiger partial charge on any atom is 0.388 e. The molecule has 25 heavy (non-hydrogen) atoms. The van der Waals surface area contributed by atoms with Crippen LogP contribution in [0, 0.1) is 5.92 Å². The minimum Gasteiger partial charge on any atom is -0.473 e. The van der Waals surface area contributed by atoms with E-state index in [1.807, 2.05) is 0 Å². The van der Waals surface area contributed by atoms with E-state index in [4.69, 9.17) is 4.74 Å². The van der Waals surface area contributed by atoms with E-state index in [-0.39, 0.29) is 17.8 Å². The summed E-state index contributed by atoms with van der Waals surface area (Å²) >= 11 is 0. The molecular formula is C15H20F2N6O2. The third-order valence-electron chi connectivity index (χ3n) is 3.73. The molecule has 0 amide bonds. The number of alkyl halides is 2. The highest BCUT2D eigenvalue weighted by molar-refractivity contribution is 5.51. The first-order valence-corrected chi connectivity index (χ1v) is 8.05. The number of hydrogen-bond donors (Lipinski definition) is 3. The van der Waals surface area contributed by atoms with Crippen molar-refractivity contribution >= 4 is 11.6 Å². The van der Waals surface area contributed by atoms with Crippen LogP contribution in [0.4, 0.5) is 20.4 Å². The van der Waals surface area contributed by atoms with Crippen LogP contribution in [0.1, 0.15) is 19.8 Å². The van der Waals surface area contributed by atoms with Gasteiger partial charge in [0.1, 0.15) is 6.10 Å². The Kier molecular flexibility index (Phi) is 5.59. The second-order valence-electron chi connectivity index (χ2n) is 5.94. The van der Waals surface area contributed by atoms with Crippen LogP contribution >= 0.6 is 0 Å². The monoisotopic (exact) mass is 354 g/mol. The molecule has 3 N–H and O–H groups in total. The number of nitrogens with zero attached hydrogens (tertiary/aromatic N) is 3. The number of rotatable bonds is 6. The van der Waals surface area contributed by atoms with Crippen molar-refractivity contribution in [2.75, 3.05) is 18.4 Å². The lowest BCUT2D eigenvalue weighted by molar-refractivity contribution is -0.0528. The molecule has 1 fully saturated rings. The Hall–Kier alpha value is -2.49. The Morgan fingerprint density at radius 2 is 2.20 bits per heavy atom. The number of ether oxygens (including phenoxy) is 2. The molecule has 0 radical (unpaired) electrons. The average Bonchev–Trinajstić information content (AvgIpc) is 2.87. The first kappa shape index (κ1) is 17.3. The van der Waals surface area contributed by atoms with Crippen LogP contribution in [0.5, 0.6) is 11.8 Å². The molecule has 0 saturated carbocycles. The largest absolute Gasteiger partial charge is 0.473 e. The molecule has 0 aromatic carbocycles. The molecule has 0 bridgehead atoms. The normalized spacial score (nSPS) is 21.0. The summed E-state index contributed by atoms with van der Waals surface area (Å²) in [6, 6.07) is 1.31. The lowest BCUT2D eigenvalue weighted by atomic mass is 10.0. The summed E-state index contributed by atoms with van der Waals surface area (Å²) in [4.78, 5) is 8.42. The summed E-state index contributed by atoms with van der Waals surface area (Å²) in [5.74, 6) is 1.47. The number of anilines is 2. The van der Waals surface area contributed by atoms with Gasteiger partial charge in [0, 0.05) is 6.07 Å². The van der Waals surface area contributed by atoms with Crippen molar-refractivity contribution in [3.05, 3.63) is 18.5 Å². The molecule has 1 aliphatic rings. The van der Waals surface area contributed by atoms with Gasteiger partial charge < -0.3 is 20.1 Å². The highest BCUT2D eigenvalue weighted by Gasteiger charge is 2.19. The predicted molar refractivity (Wildman–Crippen MR) is 86.2 cm³/mol. The number of H-pyrrole nitrogens is 1.